The largest absolute Gasteiger partial charge is 0.378 e. The monoisotopic (exact) mass is 197 g/mol. The minimum atomic E-state index is 0.522. The Labute approximate surface area is 87.4 Å². The molecule has 0 unspecified atom stereocenters. The van der Waals surface area contributed by atoms with Crippen molar-refractivity contribution >= 4 is 0 Å². The van der Waals surface area contributed by atoms with Crippen LogP contribution < -0.4 is 5.32 Å². The molecule has 1 aliphatic carbocycles. The molecule has 2 aliphatic rings. The average Bonchev–Trinajstić information content (AvgIpc) is 2.71. The molecule has 2 heteroatoms. The molecule has 2 rings (SSSR count). The van der Waals surface area contributed by atoms with E-state index in [1.165, 1.54) is 51.6 Å². The van der Waals surface area contributed by atoms with Crippen LogP contribution in [0.5, 0.6) is 0 Å². The van der Waals surface area contributed by atoms with E-state index in [1.807, 2.05) is 0 Å². The van der Waals surface area contributed by atoms with Gasteiger partial charge in [0.2, 0.25) is 0 Å². The number of nitrogens with one attached hydrogen (secondary N) is 1. The first kappa shape index (κ1) is 10.4. The molecule has 0 spiro atoms. The van der Waals surface area contributed by atoms with Gasteiger partial charge in [-0.2, -0.15) is 0 Å². The summed E-state index contributed by atoms with van der Waals surface area (Å²) in [7, 11) is 0. The molecule has 0 aromatic rings. The lowest BCUT2D eigenvalue weighted by molar-refractivity contribution is 0.0700. The first-order valence-corrected chi connectivity index (χ1v) is 6.20. The molecule has 2 atom stereocenters. The van der Waals surface area contributed by atoms with Gasteiger partial charge in [-0.15, -0.1) is 0 Å². The zero-order chi connectivity index (χ0) is 9.86. The topological polar surface area (TPSA) is 21.3 Å². The summed E-state index contributed by atoms with van der Waals surface area (Å²) in [5, 5.41) is 3.61. The van der Waals surface area contributed by atoms with Gasteiger partial charge in [0.05, 0.1) is 6.10 Å². The van der Waals surface area contributed by atoms with E-state index < -0.39 is 0 Å². The SMILES string of the molecule is CCCCNC[C@]12CCC[C@H]1OCC2. The molecule has 0 bridgehead atoms. The standard InChI is InChI=1S/C12H23NO/c1-2-3-8-13-10-12-6-4-5-11(12)14-9-7-12/h11,13H,2-10H2,1H3/t11-,12-/m1/s1. The quantitative estimate of drug-likeness (QED) is 0.683. The minimum Gasteiger partial charge on any atom is -0.378 e. The van der Waals surface area contributed by atoms with E-state index in [2.05, 4.69) is 12.2 Å². The number of rotatable bonds is 5. The maximum absolute atomic E-state index is 5.80. The number of fused-ring (bicyclic) bond motifs is 1. The predicted octanol–water partition coefficient (Wildman–Crippen LogP) is 2.34. The van der Waals surface area contributed by atoms with E-state index in [-0.39, 0.29) is 0 Å². The second-order valence-corrected chi connectivity index (χ2v) is 4.89. The van der Waals surface area contributed by atoms with Gasteiger partial charge in [-0.3, -0.25) is 0 Å². The number of ether oxygens (including phenoxy) is 1. The first-order valence-electron chi connectivity index (χ1n) is 6.20. The maximum Gasteiger partial charge on any atom is 0.0644 e. The molecule has 0 aromatic heterocycles. The molecule has 1 saturated heterocycles. The molecule has 1 N–H and O–H groups in total. The van der Waals surface area contributed by atoms with Crippen LogP contribution in [0.25, 0.3) is 0 Å². The fourth-order valence-corrected chi connectivity index (χ4v) is 2.99. The van der Waals surface area contributed by atoms with Crippen LogP contribution in [0.15, 0.2) is 0 Å². The Morgan fingerprint density at radius 3 is 3.21 bits per heavy atom. The molecule has 2 nitrogen and oxygen atoms in total. The van der Waals surface area contributed by atoms with Gasteiger partial charge >= 0.3 is 0 Å². The third-order valence-electron chi connectivity index (χ3n) is 3.93. The van der Waals surface area contributed by atoms with Crippen molar-refractivity contribution in [3.8, 4) is 0 Å². The molecule has 1 saturated carbocycles. The summed E-state index contributed by atoms with van der Waals surface area (Å²) in [6.45, 7) is 5.62. The van der Waals surface area contributed by atoms with E-state index in [0.717, 1.165) is 6.61 Å². The molecule has 0 radical (unpaired) electrons. The fraction of sp³-hybridized carbons (Fsp3) is 1.00. The summed E-state index contributed by atoms with van der Waals surface area (Å²) in [5.41, 5.74) is 0.522. The van der Waals surface area contributed by atoms with Crippen molar-refractivity contribution in [2.45, 2.75) is 51.6 Å². The van der Waals surface area contributed by atoms with Crippen molar-refractivity contribution in [1.29, 1.82) is 0 Å². The van der Waals surface area contributed by atoms with Crippen molar-refractivity contribution in [3.05, 3.63) is 0 Å². The molecular weight excluding hydrogens is 174 g/mol. The smallest absolute Gasteiger partial charge is 0.0644 e. The summed E-state index contributed by atoms with van der Waals surface area (Å²) in [6.07, 6.45) is 8.53. The van der Waals surface area contributed by atoms with Gasteiger partial charge in [0, 0.05) is 18.6 Å². The van der Waals surface area contributed by atoms with Gasteiger partial charge in [-0.25, -0.2) is 0 Å². The number of hydrogen-bond acceptors (Lipinski definition) is 2. The molecule has 0 amide bonds. The highest BCUT2D eigenvalue weighted by Crippen LogP contribution is 2.46. The van der Waals surface area contributed by atoms with Crippen LogP contribution in [-0.2, 0) is 4.74 Å². The average molecular weight is 197 g/mol. The van der Waals surface area contributed by atoms with Crippen LogP contribution in [0.1, 0.15) is 45.4 Å². The van der Waals surface area contributed by atoms with Gasteiger partial charge in [0.15, 0.2) is 0 Å². The molecule has 1 aliphatic heterocycles. The molecular formula is C12H23NO. The normalized spacial score (nSPS) is 36.2. The summed E-state index contributed by atoms with van der Waals surface area (Å²) >= 11 is 0. The van der Waals surface area contributed by atoms with Gasteiger partial charge in [0.25, 0.3) is 0 Å². The highest BCUT2D eigenvalue weighted by atomic mass is 16.5. The Morgan fingerprint density at radius 1 is 1.43 bits per heavy atom. The van der Waals surface area contributed by atoms with Crippen LogP contribution in [0.2, 0.25) is 0 Å². The third kappa shape index (κ3) is 1.96. The van der Waals surface area contributed by atoms with Gasteiger partial charge in [0.1, 0.15) is 0 Å². The Hall–Kier alpha value is -0.0800. The first-order chi connectivity index (χ1) is 6.87. The Morgan fingerprint density at radius 2 is 2.36 bits per heavy atom. The fourth-order valence-electron chi connectivity index (χ4n) is 2.99. The van der Waals surface area contributed by atoms with E-state index >= 15 is 0 Å². The van der Waals surface area contributed by atoms with Crippen LogP contribution in [0, 0.1) is 5.41 Å². The predicted molar refractivity (Wildman–Crippen MR) is 58.4 cm³/mol. The lowest BCUT2D eigenvalue weighted by Crippen LogP contribution is -2.37. The Kier molecular flexibility index (Phi) is 3.45. The third-order valence-corrected chi connectivity index (χ3v) is 3.93. The number of unbranched alkanes of at least 4 members (excludes halogenated alkanes) is 1. The Bertz CT molecular complexity index is 171. The molecule has 1 heterocycles. The Balaban J connectivity index is 1.77. The second kappa shape index (κ2) is 4.63. The molecule has 82 valence electrons. The van der Waals surface area contributed by atoms with Gasteiger partial charge < -0.3 is 10.1 Å². The van der Waals surface area contributed by atoms with Crippen molar-refractivity contribution < 1.29 is 4.74 Å². The van der Waals surface area contributed by atoms with Crippen molar-refractivity contribution in [1.82, 2.24) is 5.32 Å². The lowest BCUT2D eigenvalue weighted by Gasteiger charge is -2.27. The van der Waals surface area contributed by atoms with E-state index in [0.29, 0.717) is 11.5 Å². The van der Waals surface area contributed by atoms with E-state index in [1.54, 1.807) is 0 Å². The second-order valence-electron chi connectivity index (χ2n) is 4.89. The van der Waals surface area contributed by atoms with Crippen molar-refractivity contribution in [2.24, 2.45) is 5.41 Å². The van der Waals surface area contributed by atoms with Crippen molar-refractivity contribution in [3.63, 3.8) is 0 Å². The van der Waals surface area contributed by atoms with Gasteiger partial charge in [-0.1, -0.05) is 19.8 Å². The van der Waals surface area contributed by atoms with Crippen LogP contribution in [0.4, 0.5) is 0 Å². The summed E-state index contributed by atoms with van der Waals surface area (Å²) < 4.78 is 5.80. The zero-order valence-corrected chi connectivity index (χ0v) is 9.35. The van der Waals surface area contributed by atoms with Gasteiger partial charge in [-0.05, 0) is 32.2 Å². The van der Waals surface area contributed by atoms with Crippen LogP contribution >= 0.6 is 0 Å². The number of hydrogen-bond donors (Lipinski definition) is 1. The molecule has 0 aromatic carbocycles. The van der Waals surface area contributed by atoms with Crippen LogP contribution in [-0.4, -0.2) is 25.8 Å². The zero-order valence-electron chi connectivity index (χ0n) is 9.35. The minimum absolute atomic E-state index is 0.522. The van der Waals surface area contributed by atoms with E-state index in [4.69, 9.17) is 4.74 Å². The van der Waals surface area contributed by atoms with E-state index in [9.17, 15) is 0 Å². The summed E-state index contributed by atoms with van der Waals surface area (Å²) in [5.74, 6) is 0. The highest BCUT2D eigenvalue weighted by molar-refractivity contribution is 4.97. The lowest BCUT2D eigenvalue weighted by atomic mass is 9.83. The molecule has 14 heavy (non-hydrogen) atoms. The van der Waals surface area contributed by atoms with Crippen molar-refractivity contribution in [2.75, 3.05) is 19.7 Å². The summed E-state index contributed by atoms with van der Waals surface area (Å²) in [6, 6.07) is 0. The molecule has 2 fully saturated rings. The maximum atomic E-state index is 5.80. The summed E-state index contributed by atoms with van der Waals surface area (Å²) in [4.78, 5) is 0. The van der Waals surface area contributed by atoms with Crippen LogP contribution in [0.3, 0.4) is 0 Å². The highest BCUT2D eigenvalue weighted by Gasteiger charge is 2.46.